The van der Waals surface area contributed by atoms with Crippen molar-refractivity contribution >= 4 is 29.3 Å². The summed E-state index contributed by atoms with van der Waals surface area (Å²) in [6.07, 6.45) is -2.37. The second kappa shape index (κ2) is 9.59. The Kier molecular flexibility index (Phi) is 7.81. The van der Waals surface area contributed by atoms with E-state index in [0.29, 0.717) is 5.82 Å². The van der Waals surface area contributed by atoms with Crippen LogP contribution in [0, 0.1) is 5.41 Å². The lowest BCUT2D eigenvalue weighted by Gasteiger charge is -2.23. The van der Waals surface area contributed by atoms with E-state index >= 15 is 0 Å². The van der Waals surface area contributed by atoms with Gasteiger partial charge in [0, 0.05) is 33.1 Å². The van der Waals surface area contributed by atoms with E-state index in [1.165, 1.54) is 0 Å². The number of anilines is 2. The molecule has 12 heteroatoms. The fourth-order valence-electron chi connectivity index (χ4n) is 2.28. The lowest BCUT2D eigenvalue weighted by molar-refractivity contribution is -0.192. The van der Waals surface area contributed by atoms with Crippen LogP contribution in [0.15, 0.2) is 18.3 Å². The number of guanidine groups is 1. The minimum absolute atomic E-state index is 0.128. The third kappa shape index (κ3) is 7.79. The van der Waals surface area contributed by atoms with Gasteiger partial charge in [0.1, 0.15) is 5.82 Å². The quantitative estimate of drug-likeness (QED) is 0.438. The van der Waals surface area contributed by atoms with E-state index in [0.717, 1.165) is 38.3 Å². The summed E-state index contributed by atoms with van der Waals surface area (Å²) >= 11 is 0. The van der Waals surface area contributed by atoms with Crippen LogP contribution in [0.5, 0.6) is 0 Å². The van der Waals surface area contributed by atoms with Gasteiger partial charge in [-0.3, -0.25) is 10.2 Å². The molecule has 0 bridgehead atoms. The predicted octanol–water partition coefficient (Wildman–Crippen LogP) is 1.08. The first kappa shape index (κ1) is 22.0. The van der Waals surface area contributed by atoms with Gasteiger partial charge in [0.15, 0.2) is 5.96 Å². The van der Waals surface area contributed by atoms with Gasteiger partial charge >= 0.3 is 12.1 Å². The number of carboxylic acid groups (broad SMARTS) is 1. The Labute approximate surface area is 153 Å². The number of carbonyl (C=O) groups is 2. The van der Waals surface area contributed by atoms with Gasteiger partial charge in [0.2, 0.25) is 5.91 Å². The van der Waals surface area contributed by atoms with Crippen molar-refractivity contribution in [3.05, 3.63) is 18.3 Å². The van der Waals surface area contributed by atoms with Crippen LogP contribution >= 0.6 is 0 Å². The number of nitrogens with zero attached hydrogens (tertiary/aromatic N) is 3. The lowest BCUT2D eigenvalue weighted by Crippen LogP contribution is -2.33. The molecule has 2 heterocycles. The molecule has 0 unspecified atom stereocenters. The lowest BCUT2D eigenvalue weighted by atomic mass is 10.3. The summed E-state index contributed by atoms with van der Waals surface area (Å²) in [6, 6.07) is 3.74. The van der Waals surface area contributed by atoms with E-state index in [9.17, 15) is 18.0 Å². The molecule has 9 nitrogen and oxygen atoms in total. The molecule has 1 aliphatic rings. The van der Waals surface area contributed by atoms with Crippen LogP contribution in [0.1, 0.15) is 13.3 Å². The number of amides is 1. The van der Waals surface area contributed by atoms with E-state index in [4.69, 9.17) is 21.0 Å². The zero-order chi connectivity index (χ0) is 20.6. The Morgan fingerprint density at radius 1 is 1.26 bits per heavy atom. The minimum Gasteiger partial charge on any atom is -0.475 e. The Balaban J connectivity index is 0.000000445. The maximum absolute atomic E-state index is 11.4. The number of carboxylic acids is 1. The number of hydrogen-bond acceptors (Lipinski definition) is 5. The predicted molar refractivity (Wildman–Crippen MR) is 92.5 cm³/mol. The molecule has 1 aliphatic heterocycles. The topological polar surface area (TPSA) is 136 Å². The maximum atomic E-state index is 11.4. The van der Waals surface area contributed by atoms with Crippen molar-refractivity contribution < 1.29 is 27.9 Å². The van der Waals surface area contributed by atoms with Gasteiger partial charge in [-0.25, -0.2) is 9.78 Å². The van der Waals surface area contributed by atoms with Crippen molar-refractivity contribution in [2.75, 3.05) is 36.4 Å². The van der Waals surface area contributed by atoms with Gasteiger partial charge in [0.25, 0.3) is 0 Å². The SMILES string of the molecule is CC(=O)N1CCCN(c2ccc(NC(=N)N)nc2)CC1.O=C(O)C(F)(F)F. The molecule has 27 heavy (non-hydrogen) atoms. The Morgan fingerprint density at radius 3 is 2.33 bits per heavy atom. The van der Waals surface area contributed by atoms with Gasteiger partial charge in [-0.1, -0.05) is 0 Å². The molecule has 0 spiro atoms. The molecule has 1 saturated heterocycles. The molecule has 0 radical (unpaired) electrons. The van der Waals surface area contributed by atoms with Gasteiger partial charge in [0.05, 0.1) is 11.9 Å². The van der Waals surface area contributed by atoms with Crippen molar-refractivity contribution in [3.8, 4) is 0 Å². The largest absolute Gasteiger partial charge is 0.490 e. The molecule has 1 amide bonds. The van der Waals surface area contributed by atoms with E-state index < -0.39 is 12.1 Å². The number of hydrogen-bond donors (Lipinski definition) is 4. The Hall–Kier alpha value is -3.05. The number of nitrogens with two attached hydrogens (primary N) is 1. The number of pyridine rings is 1. The summed E-state index contributed by atoms with van der Waals surface area (Å²) in [4.78, 5) is 28.6. The molecule has 150 valence electrons. The van der Waals surface area contributed by atoms with Crippen LogP contribution in [0.4, 0.5) is 24.7 Å². The fourth-order valence-corrected chi connectivity index (χ4v) is 2.28. The second-order valence-electron chi connectivity index (χ2n) is 5.59. The molecule has 0 aliphatic carbocycles. The van der Waals surface area contributed by atoms with Crippen LogP contribution in [0.3, 0.4) is 0 Å². The number of halogens is 3. The van der Waals surface area contributed by atoms with E-state index in [-0.39, 0.29) is 11.9 Å². The van der Waals surface area contributed by atoms with Gasteiger partial charge in [-0.2, -0.15) is 13.2 Å². The fraction of sp³-hybridized carbons (Fsp3) is 0.467. The summed E-state index contributed by atoms with van der Waals surface area (Å²) in [7, 11) is 0. The highest BCUT2D eigenvalue weighted by Crippen LogP contribution is 2.17. The molecular formula is C15H21F3N6O3. The zero-order valence-electron chi connectivity index (χ0n) is 14.6. The van der Waals surface area contributed by atoms with Gasteiger partial charge < -0.3 is 26.0 Å². The highest BCUT2D eigenvalue weighted by Gasteiger charge is 2.38. The van der Waals surface area contributed by atoms with Crippen molar-refractivity contribution in [2.24, 2.45) is 5.73 Å². The number of aliphatic carboxylic acids is 1. The third-order valence-corrected chi connectivity index (χ3v) is 3.56. The maximum Gasteiger partial charge on any atom is 0.490 e. The number of aromatic nitrogens is 1. The molecule has 0 saturated carbocycles. The van der Waals surface area contributed by atoms with E-state index in [1.54, 1.807) is 19.2 Å². The van der Waals surface area contributed by atoms with Gasteiger partial charge in [-0.15, -0.1) is 0 Å². The van der Waals surface area contributed by atoms with Crippen molar-refractivity contribution in [1.29, 1.82) is 5.41 Å². The number of alkyl halides is 3. The summed E-state index contributed by atoms with van der Waals surface area (Å²) in [5.41, 5.74) is 6.27. The van der Waals surface area contributed by atoms with Crippen LogP contribution < -0.4 is 16.0 Å². The van der Waals surface area contributed by atoms with Crippen LogP contribution in [-0.4, -0.2) is 65.2 Å². The third-order valence-electron chi connectivity index (χ3n) is 3.56. The molecule has 1 aromatic heterocycles. The molecule has 1 fully saturated rings. The van der Waals surface area contributed by atoms with Crippen LogP contribution in [-0.2, 0) is 9.59 Å². The monoisotopic (exact) mass is 390 g/mol. The smallest absolute Gasteiger partial charge is 0.475 e. The first-order chi connectivity index (χ1) is 12.5. The van der Waals surface area contributed by atoms with Crippen molar-refractivity contribution in [1.82, 2.24) is 9.88 Å². The standard InChI is InChI=1S/C13H20N6O.C2HF3O2/c1-10(20)18-5-2-6-19(8-7-18)11-3-4-12(16-9-11)17-13(14)15;3-2(4,5)1(6)7/h3-4,9H,2,5-8H2,1H3,(H4,14,15,16,17);(H,6,7). The van der Waals surface area contributed by atoms with Crippen molar-refractivity contribution in [3.63, 3.8) is 0 Å². The van der Waals surface area contributed by atoms with E-state index in [1.807, 2.05) is 11.0 Å². The second-order valence-corrected chi connectivity index (χ2v) is 5.59. The Bertz CT molecular complexity index is 666. The summed E-state index contributed by atoms with van der Waals surface area (Å²) < 4.78 is 31.7. The number of rotatable bonds is 2. The van der Waals surface area contributed by atoms with Crippen LogP contribution in [0.25, 0.3) is 0 Å². The molecule has 5 N–H and O–H groups in total. The number of carbonyl (C=O) groups excluding carboxylic acids is 1. The average molecular weight is 390 g/mol. The number of nitrogens with one attached hydrogen (secondary N) is 2. The first-order valence-corrected chi connectivity index (χ1v) is 7.88. The van der Waals surface area contributed by atoms with Crippen LogP contribution in [0.2, 0.25) is 0 Å². The zero-order valence-corrected chi connectivity index (χ0v) is 14.6. The highest BCUT2D eigenvalue weighted by atomic mass is 19.4. The molecule has 0 atom stereocenters. The normalized spacial score (nSPS) is 14.5. The first-order valence-electron chi connectivity index (χ1n) is 7.88. The van der Waals surface area contributed by atoms with Gasteiger partial charge in [-0.05, 0) is 18.6 Å². The van der Waals surface area contributed by atoms with Crippen molar-refractivity contribution in [2.45, 2.75) is 19.5 Å². The summed E-state index contributed by atoms with van der Waals surface area (Å²) in [6.45, 7) is 4.87. The minimum atomic E-state index is -5.08. The highest BCUT2D eigenvalue weighted by molar-refractivity contribution is 5.88. The molecular weight excluding hydrogens is 369 g/mol. The average Bonchev–Trinajstić information content (AvgIpc) is 2.81. The Morgan fingerprint density at radius 2 is 1.89 bits per heavy atom. The molecule has 0 aromatic carbocycles. The summed E-state index contributed by atoms with van der Waals surface area (Å²) in [5.74, 6) is -2.20. The molecule has 2 rings (SSSR count). The summed E-state index contributed by atoms with van der Waals surface area (Å²) in [5, 5.41) is 16.9. The molecule has 1 aromatic rings. The van der Waals surface area contributed by atoms with E-state index in [2.05, 4.69) is 15.2 Å².